The Hall–Kier alpha value is -0.180. The molecule has 1 heterocycles. The van der Waals surface area contributed by atoms with Gasteiger partial charge in [0.15, 0.2) is 5.96 Å². The van der Waals surface area contributed by atoms with E-state index < -0.39 is 0 Å². The lowest BCUT2D eigenvalue weighted by atomic mass is 9.74. The summed E-state index contributed by atoms with van der Waals surface area (Å²) in [7, 11) is 0. The van der Waals surface area contributed by atoms with Crippen LogP contribution in [0.25, 0.3) is 0 Å². The van der Waals surface area contributed by atoms with Gasteiger partial charge in [0.1, 0.15) is 0 Å². The second kappa shape index (κ2) is 13.9. The lowest BCUT2D eigenvalue weighted by Gasteiger charge is -2.37. The zero-order valence-electron chi connectivity index (χ0n) is 16.4. The molecule has 1 saturated heterocycles. The van der Waals surface area contributed by atoms with Crippen molar-refractivity contribution in [2.24, 2.45) is 4.99 Å². The zero-order valence-corrected chi connectivity index (χ0v) is 20.3. The molecule has 0 spiro atoms. The van der Waals surface area contributed by atoms with E-state index in [9.17, 15) is 0 Å². The molecule has 7 heteroatoms. The summed E-state index contributed by atoms with van der Waals surface area (Å²) < 4.78 is 5.62. The number of halogens is 2. The van der Waals surface area contributed by atoms with Crippen LogP contribution in [0.1, 0.15) is 38.2 Å². The minimum Gasteiger partial charge on any atom is -0.381 e. The van der Waals surface area contributed by atoms with Crippen molar-refractivity contribution < 1.29 is 4.74 Å². The zero-order chi connectivity index (χ0) is 18.7. The standard InChI is InChI=1S/C20H32ClN3OS.HI/c1-3-22-19(23-12-6-7-15-26-2)24-16-20(10-13-25-14-11-20)17-8-4-5-9-18(17)21;/h4-5,8-9H,3,6-7,10-16H2,1-2H3,(H2,22,23,24);1H. The van der Waals surface area contributed by atoms with Crippen LogP contribution in [0.15, 0.2) is 29.3 Å². The van der Waals surface area contributed by atoms with E-state index in [1.807, 2.05) is 23.9 Å². The van der Waals surface area contributed by atoms with Crippen LogP contribution in [0.3, 0.4) is 0 Å². The average Bonchev–Trinajstić information content (AvgIpc) is 2.67. The molecule has 0 radical (unpaired) electrons. The molecular formula is C20H33ClIN3OS. The van der Waals surface area contributed by atoms with Crippen molar-refractivity contribution in [2.75, 3.05) is 44.9 Å². The largest absolute Gasteiger partial charge is 0.381 e. The first-order valence-electron chi connectivity index (χ1n) is 9.56. The minimum atomic E-state index is -0.0439. The van der Waals surface area contributed by atoms with Gasteiger partial charge in [-0.25, -0.2) is 0 Å². The van der Waals surface area contributed by atoms with Gasteiger partial charge in [0.05, 0.1) is 6.54 Å². The molecule has 1 aromatic rings. The summed E-state index contributed by atoms with van der Waals surface area (Å²) >= 11 is 8.43. The monoisotopic (exact) mass is 525 g/mol. The molecule has 0 unspecified atom stereocenters. The first-order chi connectivity index (χ1) is 12.7. The number of nitrogens with one attached hydrogen (secondary N) is 2. The summed E-state index contributed by atoms with van der Waals surface area (Å²) in [5, 5.41) is 7.67. The van der Waals surface area contributed by atoms with Gasteiger partial charge in [-0.05, 0) is 56.2 Å². The van der Waals surface area contributed by atoms with Crippen LogP contribution in [0, 0.1) is 0 Å². The van der Waals surface area contributed by atoms with E-state index in [4.69, 9.17) is 21.3 Å². The van der Waals surface area contributed by atoms with Crippen molar-refractivity contribution in [1.29, 1.82) is 0 Å². The van der Waals surface area contributed by atoms with Crippen LogP contribution in [0.4, 0.5) is 0 Å². The molecule has 1 aromatic carbocycles. The van der Waals surface area contributed by atoms with Gasteiger partial charge in [-0.3, -0.25) is 4.99 Å². The number of hydrogen-bond acceptors (Lipinski definition) is 3. The van der Waals surface area contributed by atoms with Crippen molar-refractivity contribution in [2.45, 2.75) is 38.0 Å². The first-order valence-corrected chi connectivity index (χ1v) is 11.3. The number of ether oxygens (including phenoxy) is 1. The van der Waals surface area contributed by atoms with Crippen LogP contribution >= 0.6 is 47.3 Å². The Labute approximate surface area is 190 Å². The van der Waals surface area contributed by atoms with Crippen molar-refractivity contribution in [3.63, 3.8) is 0 Å². The number of unbranched alkanes of at least 4 members (excludes halogenated alkanes) is 1. The van der Waals surface area contributed by atoms with E-state index in [0.29, 0.717) is 0 Å². The topological polar surface area (TPSA) is 45.7 Å². The normalized spacial score (nSPS) is 16.5. The fraction of sp³-hybridized carbons (Fsp3) is 0.650. The molecule has 0 aromatic heterocycles. The summed E-state index contributed by atoms with van der Waals surface area (Å²) in [5.41, 5.74) is 1.15. The van der Waals surface area contributed by atoms with Gasteiger partial charge < -0.3 is 15.4 Å². The van der Waals surface area contributed by atoms with E-state index in [1.165, 1.54) is 17.7 Å². The maximum atomic E-state index is 6.53. The highest BCUT2D eigenvalue weighted by Gasteiger charge is 2.36. The molecule has 4 nitrogen and oxygen atoms in total. The van der Waals surface area contributed by atoms with E-state index in [0.717, 1.165) is 63.1 Å². The highest BCUT2D eigenvalue weighted by atomic mass is 127. The third-order valence-electron chi connectivity index (χ3n) is 4.85. The molecule has 27 heavy (non-hydrogen) atoms. The smallest absolute Gasteiger partial charge is 0.191 e. The highest BCUT2D eigenvalue weighted by molar-refractivity contribution is 14.0. The Morgan fingerprint density at radius 1 is 1.22 bits per heavy atom. The molecule has 1 aliphatic rings. The maximum absolute atomic E-state index is 6.53. The number of rotatable bonds is 9. The number of aliphatic imine (C=N–C) groups is 1. The van der Waals surface area contributed by atoms with Crippen molar-refractivity contribution in [3.05, 3.63) is 34.9 Å². The minimum absolute atomic E-state index is 0. The summed E-state index contributed by atoms with van der Waals surface area (Å²) in [6, 6.07) is 8.18. The van der Waals surface area contributed by atoms with Gasteiger partial charge in [-0.15, -0.1) is 24.0 Å². The predicted octanol–water partition coefficient (Wildman–Crippen LogP) is 4.70. The van der Waals surface area contributed by atoms with Gasteiger partial charge in [-0.2, -0.15) is 11.8 Å². The third-order valence-corrected chi connectivity index (χ3v) is 5.87. The molecule has 0 amide bonds. The van der Waals surface area contributed by atoms with E-state index in [2.05, 4.69) is 35.9 Å². The number of thioether (sulfide) groups is 1. The van der Waals surface area contributed by atoms with Gasteiger partial charge in [-0.1, -0.05) is 29.8 Å². The van der Waals surface area contributed by atoms with E-state index >= 15 is 0 Å². The lowest BCUT2D eigenvalue weighted by Crippen LogP contribution is -2.41. The average molecular weight is 526 g/mol. The third kappa shape index (κ3) is 7.99. The van der Waals surface area contributed by atoms with Crippen LogP contribution in [0.5, 0.6) is 0 Å². The Morgan fingerprint density at radius 2 is 1.96 bits per heavy atom. The molecule has 0 atom stereocenters. The molecule has 154 valence electrons. The van der Waals surface area contributed by atoms with Crippen molar-refractivity contribution >= 4 is 53.3 Å². The number of nitrogens with zero attached hydrogens (tertiary/aromatic N) is 1. The van der Waals surface area contributed by atoms with Crippen molar-refractivity contribution in [3.8, 4) is 0 Å². The quantitative estimate of drug-likeness (QED) is 0.212. The Bertz CT molecular complexity index is 568. The Balaban J connectivity index is 0.00000364. The SMILES string of the molecule is CCNC(=NCC1(c2ccccc2Cl)CCOCC1)NCCCCSC.I. The Kier molecular flexibility index (Phi) is 12.8. The number of benzene rings is 1. The van der Waals surface area contributed by atoms with Crippen molar-refractivity contribution in [1.82, 2.24) is 10.6 Å². The van der Waals surface area contributed by atoms with Gasteiger partial charge in [0.25, 0.3) is 0 Å². The van der Waals surface area contributed by atoms with Gasteiger partial charge in [0, 0.05) is 36.7 Å². The Morgan fingerprint density at radius 3 is 2.63 bits per heavy atom. The summed E-state index contributed by atoms with van der Waals surface area (Å²) in [5.74, 6) is 2.11. The van der Waals surface area contributed by atoms with Crippen LogP contribution < -0.4 is 10.6 Å². The molecule has 0 saturated carbocycles. The van der Waals surface area contributed by atoms with Gasteiger partial charge >= 0.3 is 0 Å². The van der Waals surface area contributed by atoms with Gasteiger partial charge in [0.2, 0.25) is 0 Å². The lowest BCUT2D eigenvalue weighted by molar-refractivity contribution is 0.0531. The second-order valence-corrected chi connectivity index (χ2v) is 8.09. The molecule has 0 aliphatic carbocycles. The summed E-state index contributed by atoms with van der Waals surface area (Å²) in [6.45, 7) is 6.16. The molecule has 2 N–H and O–H groups in total. The summed E-state index contributed by atoms with van der Waals surface area (Å²) in [6.07, 6.45) is 6.45. The molecule has 0 bridgehead atoms. The van der Waals surface area contributed by atoms with E-state index in [1.54, 1.807) is 0 Å². The number of guanidine groups is 1. The van der Waals surface area contributed by atoms with E-state index in [-0.39, 0.29) is 29.4 Å². The second-order valence-electron chi connectivity index (χ2n) is 6.69. The van der Waals surface area contributed by atoms with Crippen LogP contribution in [-0.2, 0) is 10.2 Å². The fourth-order valence-corrected chi connectivity index (χ4v) is 4.15. The molecule has 1 fully saturated rings. The fourth-order valence-electron chi connectivity index (χ4n) is 3.32. The summed E-state index contributed by atoms with van der Waals surface area (Å²) in [4.78, 5) is 4.92. The number of hydrogen-bond donors (Lipinski definition) is 2. The molecular weight excluding hydrogens is 493 g/mol. The van der Waals surface area contributed by atoms with Crippen LogP contribution in [0.2, 0.25) is 5.02 Å². The maximum Gasteiger partial charge on any atom is 0.191 e. The van der Waals surface area contributed by atoms with Crippen LogP contribution in [-0.4, -0.2) is 50.8 Å². The highest BCUT2D eigenvalue weighted by Crippen LogP contribution is 2.38. The predicted molar refractivity (Wildman–Crippen MR) is 130 cm³/mol. The first kappa shape index (κ1) is 24.9. The molecule has 1 aliphatic heterocycles. The molecule has 2 rings (SSSR count).